The maximum absolute atomic E-state index is 13.1. The van der Waals surface area contributed by atoms with E-state index >= 15 is 0 Å². The van der Waals surface area contributed by atoms with Gasteiger partial charge in [0.15, 0.2) is 11.5 Å². The van der Waals surface area contributed by atoms with Gasteiger partial charge in [-0.05, 0) is 68.0 Å². The molecule has 2 bridgehead atoms. The average Bonchev–Trinajstić information content (AvgIpc) is 3.32. The number of amides is 1. The van der Waals surface area contributed by atoms with E-state index in [4.69, 9.17) is 9.15 Å². The topological polar surface area (TPSA) is 71.8 Å². The molecule has 1 atom stereocenters. The molecule has 3 saturated heterocycles. The Labute approximate surface area is 200 Å². The molecule has 0 aliphatic carbocycles. The number of ketones is 1. The Hall–Kier alpha value is -2.96. The molecule has 4 heterocycles. The molecule has 178 valence electrons. The third-order valence-corrected chi connectivity index (χ3v) is 7.30. The minimum atomic E-state index is -0.113. The number of piperidine rings is 3. The highest BCUT2D eigenvalue weighted by atomic mass is 16.5. The molecule has 1 amide bonds. The van der Waals surface area contributed by atoms with Crippen LogP contribution in [0.5, 0.6) is 0 Å². The number of rotatable bonds is 9. The minimum absolute atomic E-state index is 0.0880. The lowest BCUT2D eigenvalue weighted by Crippen LogP contribution is -2.47. The monoisotopic (exact) mass is 460 g/mol. The Morgan fingerprint density at radius 3 is 2.71 bits per heavy atom. The normalized spacial score (nSPS) is 21.6. The molecular weight excluding hydrogens is 428 g/mol. The highest BCUT2D eigenvalue weighted by Crippen LogP contribution is 2.36. The number of hydrogen-bond acceptors (Lipinski definition) is 5. The molecular formula is C28H32N2O4. The third kappa shape index (κ3) is 4.79. The van der Waals surface area contributed by atoms with Crippen molar-refractivity contribution in [2.75, 3.05) is 39.9 Å². The first-order valence-corrected chi connectivity index (χ1v) is 12.3. The van der Waals surface area contributed by atoms with Crippen molar-refractivity contribution in [2.24, 2.45) is 11.8 Å². The van der Waals surface area contributed by atoms with Crippen LogP contribution in [0, 0.1) is 11.8 Å². The number of hydrogen-bond donors (Lipinski definition) is 1. The van der Waals surface area contributed by atoms with E-state index in [-0.39, 0.29) is 11.7 Å². The molecule has 3 aliphatic heterocycles. The summed E-state index contributed by atoms with van der Waals surface area (Å²) in [6.07, 6.45) is 3.73. The van der Waals surface area contributed by atoms with Gasteiger partial charge >= 0.3 is 0 Å². The number of carbonyl (C=O) groups is 2. The molecule has 0 saturated carbocycles. The van der Waals surface area contributed by atoms with E-state index in [1.807, 2.05) is 42.5 Å². The van der Waals surface area contributed by atoms with E-state index in [9.17, 15) is 9.59 Å². The Morgan fingerprint density at radius 1 is 1.12 bits per heavy atom. The summed E-state index contributed by atoms with van der Waals surface area (Å²) in [5.74, 6) is 1.51. The lowest BCUT2D eigenvalue weighted by atomic mass is 9.76. The zero-order valence-electron chi connectivity index (χ0n) is 19.7. The average molecular weight is 461 g/mol. The molecule has 0 radical (unpaired) electrons. The van der Waals surface area contributed by atoms with Crippen LogP contribution in [0.4, 0.5) is 0 Å². The van der Waals surface area contributed by atoms with Gasteiger partial charge in [0.25, 0.3) is 5.91 Å². The number of ether oxygens (including phenoxy) is 1. The van der Waals surface area contributed by atoms with Gasteiger partial charge in [0.05, 0.1) is 0 Å². The van der Waals surface area contributed by atoms with Gasteiger partial charge in [-0.3, -0.25) is 9.59 Å². The second-order valence-corrected chi connectivity index (χ2v) is 9.54. The quantitative estimate of drug-likeness (QED) is 0.368. The van der Waals surface area contributed by atoms with Gasteiger partial charge in [-0.1, -0.05) is 30.3 Å². The van der Waals surface area contributed by atoms with Gasteiger partial charge in [-0.25, -0.2) is 0 Å². The summed E-state index contributed by atoms with van der Waals surface area (Å²) in [6.45, 7) is 4.56. The van der Waals surface area contributed by atoms with Crippen molar-refractivity contribution in [1.29, 1.82) is 0 Å². The molecule has 0 spiro atoms. The van der Waals surface area contributed by atoms with Crippen LogP contribution in [0.2, 0.25) is 0 Å². The van der Waals surface area contributed by atoms with Crippen LogP contribution in [0.1, 0.15) is 46.6 Å². The lowest BCUT2D eigenvalue weighted by molar-refractivity contribution is 0.0433. The van der Waals surface area contributed by atoms with Crippen molar-refractivity contribution in [3.8, 4) is 11.1 Å². The van der Waals surface area contributed by atoms with Crippen molar-refractivity contribution < 1.29 is 18.7 Å². The predicted octanol–water partition coefficient (Wildman–Crippen LogP) is 4.78. The highest BCUT2D eigenvalue weighted by molar-refractivity contribution is 6.02. The van der Waals surface area contributed by atoms with Gasteiger partial charge in [0, 0.05) is 49.7 Å². The fraction of sp³-hybridized carbons (Fsp3) is 0.429. The number of benzene rings is 2. The van der Waals surface area contributed by atoms with E-state index in [1.165, 1.54) is 25.9 Å². The molecule has 3 fully saturated rings. The lowest BCUT2D eigenvalue weighted by Gasteiger charge is -2.44. The third-order valence-electron chi connectivity index (χ3n) is 7.30. The second-order valence-electron chi connectivity index (χ2n) is 9.54. The van der Waals surface area contributed by atoms with Crippen molar-refractivity contribution in [1.82, 2.24) is 10.2 Å². The van der Waals surface area contributed by atoms with Crippen LogP contribution in [0.25, 0.3) is 22.1 Å². The number of furan rings is 1. The summed E-state index contributed by atoms with van der Waals surface area (Å²) >= 11 is 0. The largest absolute Gasteiger partial charge is 0.452 e. The van der Waals surface area contributed by atoms with E-state index in [2.05, 4.69) is 10.2 Å². The highest BCUT2D eigenvalue weighted by Gasteiger charge is 2.35. The molecule has 2 aromatic carbocycles. The molecule has 6 nitrogen and oxygen atoms in total. The van der Waals surface area contributed by atoms with Crippen LogP contribution in [0.15, 0.2) is 52.9 Å². The van der Waals surface area contributed by atoms with Gasteiger partial charge in [-0.15, -0.1) is 0 Å². The maximum atomic E-state index is 13.1. The van der Waals surface area contributed by atoms with Crippen molar-refractivity contribution >= 4 is 22.7 Å². The molecule has 6 rings (SSSR count). The van der Waals surface area contributed by atoms with Gasteiger partial charge in [0.2, 0.25) is 0 Å². The van der Waals surface area contributed by atoms with Gasteiger partial charge in [-0.2, -0.15) is 0 Å². The van der Waals surface area contributed by atoms with Crippen LogP contribution in [0.3, 0.4) is 0 Å². The first kappa shape index (κ1) is 22.8. The first-order chi connectivity index (χ1) is 16.6. The summed E-state index contributed by atoms with van der Waals surface area (Å²) in [5, 5.41) is 3.83. The number of para-hydroxylation sites is 1. The van der Waals surface area contributed by atoms with Crippen molar-refractivity contribution in [2.45, 2.75) is 25.7 Å². The number of nitrogens with zero attached hydrogens (tertiary/aromatic N) is 1. The van der Waals surface area contributed by atoms with Gasteiger partial charge < -0.3 is 19.4 Å². The molecule has 34 heavy (non-hydrogen) atoms. The molecule has 3 aliphatic rings. The Bertz CT molecular complexity index is 1180. The van der Waals surface area contributed by atoms with Gasteiger partial charge in [0.1, 0.15) is 5.58 Å². The molecule has 0 unspecified atom stereocenters. The zero-order chi connectivity index (χ0) is 23.5. The summed E-state index contributed by atoms with van der Waals surface area (Å²) in [7, 11) is 1.65. The number of nitrogens with one attached hydrogen (secondary N) is 1. The Morgan fingerprint density at radius 2 is 1.94 bits per heavy atom. The molecule has 3 aromatic rings. The van der Waals surface area contributed by atoms with Crippen molar-refractivity contribution in [3.63, 3.8) is 0 Å². The fourth-order valence-corrected chi connectivity index (χ4v) is 5.43. The fourth-order valence-electron chi connectivity index (χ4n) is 5.43. The number of fused-ring (bicyclic) bond motifs is 4. The summed E-state index contributed by atoms with van der Waals surface area (Å²) in [5.41, 5.74) is 3.06. The van der Waals surface area contributed by atoms with Crippen LogP contribution in [-0.4, -0.2) is 56.5 Å². The standard InChI is InChI=1S/C28H32N2O4/c1-33-14-4-11-29-28(32)22-7-2-5-20(15-22)24-8-3-6-21-17-26(34-27(21)24)25(31)16-23-18-30-12-9-19(23)10-13-30/h2-3,5-8,15,17,19,23H,4,9-14,16,18H2,1H3,(H,29,32)/t23-/m0/s1. The van der Waals surface area contributed by atoms with E-state index in [1.54, 1.807) is 13.2 Å². The number of Topliss-reactive ketones (excluding diaryl/α,β-unsaturated/α-hetero) is 1. The first-order valence-electron chi connectivity index (χ1n) is 12.3. The summed E-state index contributed by atoms with van der Waals surface area (Å²) < 4.78 is 11.2. The van der Waals surface area contributed by atoms with Crippen LogP contribution in [-0.2, 0) is 4.74 Å². The van der Waals surface area contributed by atoms with Crippen molar-refractivity contribution in [3.05, 3.63) is 59.9 Å². The Balaban J connectivity index is 1.35. The maximum Gasteiger partial charge on any atom is 0.251 e. The van der Waals surface area contributed by atoms with E-state index < -0.39 is 0 Å². The molecule has 6 heteroatoms. The SMILES string of the molecule is COCCCNC(=O)c1cccc(-c2cccc3cc(C(=O)C[C@H]4CN5CCC4CC5)oc23)c1. The molecule has 1 aromatic heterocycles. The Kier molecular flexibility index (Phi) is 6.79. The zero-order valence-corrected chi connectivity index (χ0v) is 19.7. The number of carbonyl (C=O) groups excluding carboxylic acids is 2. The second kappa shape index (κ2) is 10.1. The summed E-state index contributed by atoms with van der Waals surface area (Å²) in [6, 6.07) is 15.3. The van der Waals surface area contributed by atoms with Crippen LogP contribution >= 0.6 is 0 Å². The van der Waals surface area contributed by atoms with Crippen LogP contribution < -0.4 is 5.32 Å². The number of methoxy groups -OCH3 is 1. The predicted molar refractivity (Wildman–Crippen MR) is 132 cm³/mol. The smallest absolute Gasteiger partial charge is 0.251 e. The minimum Gasteiger partial charge on any atom is -0.452 e. The van der Waals surface area contributed by atoms with E-state index in [0.717, 1.165) is 29.5 Å². The van der Waals surface area contributed by atoms with E-state index in [0.29, 0.717) is 48.3 Å². The molecule has 1 N–H and O–H groups in total. The summed E-state index contributed by atoms with van der Waals surface area (Å²) in [4.78, 5) is 28.2.